The van der Waals surface area contributed by atoms with Crippen LogP contribution in [0.2, 0.25) is 0 Å². The van der Waals surface area contributed by atoms with E-state index in [4.69, 9.17) is 0 Å². The fraction of sp³-hybridized carbons (Fsp3) is 0.476. The Morgan fingerprint density at radius 1 is 1.17 bits per heavy atom. The Bertz CT molecular complexity index is 1040. The van der Waals surface area contributed by atoms with E-state index >= 15 is 0 Å². The Kier molecular flexibility index (Phi) is 6.52. The zero-order chi connectivity index (χ0) is 22.1. The third-order valence-corrected chi connectivity index (χ3v) is 7.02. The van der Waals surface area contributed by atoms with Crippen LogP contribution >= 0.6 is 0 Å². The van der Waals surface area contributed by atoms with Gasteiger partial charge in [0, 0.05) is 31.3 Å². The van der Waals surface area contributed by atoms with E-state index in [-0.39, 0.29) is 17.3 Å². The number of hydrogen-bond donors (Lipinski definition) is 0. The third kappa shape index (κ3) is 4.67. The first-order valence-corrected chi connectivity index (χ1v) is 11.4. The summed E-state index contributed by atoms with van der Waals surface area (Å²) in [5, 5.41) is 0. The molecule has 3 rings (SSSR count). The molecule has 0 spiro atoms. The minimum atomic E-state index is -3.83. The second-order valence-electron chi connectivity index (χ2n) is 7.97. The van der Waals surface area contributed by atoms with Gasteiger partial charge in [-0.05, 0) is 49.9 Å². The van der Waals surface area contributed by atoms with Gasteiger partial charge >= 0.3 is 0 Å². The van der Waals surface area contributed by atoms with Gasteiger partial charge in [-0.25, -0.2) is 22.8 Å². The molecule has 0 saturated heterocycles. The summed E-state index contributed by atoms with van der Waals surface area (Å²) in [6.07, 6.45) is 1.86. The highest BCUT2D eigenvalue weighted by Gasteiger charge is 2.29. The summed E-state index contributed by atoms with van der Waals surface area (Å²) in [5.41, 5.74) is 1.69. The molecule has 0 fully saturated rings. The third-order valence-electron chi connectivity index (χ3n) is 5.20. The summed E-state index contributed by atoms with van der Waals surface area (Å²) in [7, 11) is -2.40. The van der Waals surface area contributed by atoms with Gasteiger partial charge in [0.25, 0.3) is 0 Å². The van der Waals surface area contributed by atoms with E-state index in [0.29, 0.717) is 36.9 Å². The van der Waals surface area contributed by atoms with Crippen molar-refractivity contribution >= 4 is 21.7 Å². The number of halogens is 1. The molecule has 0 N–H and O–H groups in total. The highest BCUT2D eigenvalue weighted by Crippen LogP contribution is 2.29. The fourth-order valence-electron chi connectivity index (χ4n) is 3.40. The lowest BCUT2D eigenvalue weighted by atomic mass is 10.0. The molecule has 0 aliphatic carbocycles. The van der Waals surface area contributed by atoms with Crippen LogP contribution in [-0.4, -0.2) is 42.2 Å². The van der Waals surface area contributed by atoms with Crippen LogP contribution in [0.4, 0.5) is 10.2 Å². The molecular formula is C21H27FN4O3S. The highest BCUT2D eigenvalue weighted by atomic mass is 32.2. The molecule has 0 saturated carbocycles. The summed E-state index contributed by atoms with van der Waals surface area (Å²) >= 11 is 0. The summed E-state index contributed by atoms with van der Waals surface area (Å²) in [5.74, 6) is 0.874. The maximum Gasteiger partial charge on any atom is 0.243 e. The first-order valence-electron chi connectivity index (χ1n) is 9.98. The van der Waals surface area contributed by atoms with Gasteiger partial charge in [0.1, 0.15) is 17.5 Å². The average molecular weight is 435 g/mol. The minimum Gasteiger partial charge on any atom is -0.296 e. The molecule has 7 nitrogen and oxygen atoms in total. The molecule has 1 aromatic heterocycles. The Morgan fingerprint density at radius 2 is 1.83 bits per heavy atom. The fourth-order valence-corrected chi connectivity index (χ4v) is 4.52. The number of sulfonamides is 1. The van der Waals surface area contributed by atoms with Gasteiger partial charge in [0.15, 0.2) is 0 Å². The van der Waals surface area contributed by atoms with Crippen LogP contribution < -0.4 is 4.90 Å². The van der Waals surface area contributed by atoms with Crippen LogP contribution in [0.1, 0.15) is 43.8 Å². The quantitative estimate of drug-likeness (QED) is 0.669. The Morgan fingerprint density at radius 3 is 2.47 bits per heavy atom. The molecule has 2 heterocycles. The number of hydrogen-bond acceptors (Lipinski definition) is 5. The number of aryl methyl sites for hydroxylation is 1. The van der Waals surface area contributed by atoms with E-state index in [0.717, 1.165) is 34.1 Å². The number of carbonyl (C=O) groups is 1. The number of benzene rings is 1. The van der Waals surface area contributed by atoms with E-state index in [1.54, 1.807) is 4.90 Å². The zero-order valence-electron chi connectivity index (χ0n) is 17.7. The van der Waals surface area contributed by atoms with Gasteiger partial charge in [-0.1, -0.05) is 13.8 Å². The van der Waals surface area contributed by atoms with Crippen LogP contribution in [0.15, 0.2) is 29.2 Å². The first kappa shape index (κ1) is 22.3. The maximum absolute atomic E-state index is 13.1. The summed E-state index contributed by atoms with van der Waals surface area (Å²) in [6.45, 7) is 6.57. The molecule has 162 valence electrons. The van der Waals surface area contributed by atoms with Crippen molar-refractivity contribution in [3.63, 3.8) is 0 Å². The van der Waals surface area contributed by atoms with Crippen molar-refractivity contribution in [3.8, 4) is 0 Å². The lowest BCUT2D eigenvalue weighted by Gasteiger charge is -2.30. The smallest absolute Gasteiger partial charge is 0.243 e. The van der Waals surface area contributed by atoms with Crippen LogP contribution in [0, 0.1) is 18.7 Å². The van der Waals surface area contributed by atoms with E-state index in [2.05, 4.69) is 23.8 Å². The summed E-state index contributed by atoms with van der Waals surface area (Å²) in [4.78, 5) is 23.3. The summed E-state index contributed by atoms with van der Waals surface area (Å²) in [6, 6.07) is 4.68. The zero-order valence-corrected chi connectivity index (χ0v) is 18.5. The van der Waals surface area contributed by atoms with Crippen molar-refractivity contribution in [2.75, 3.05) is 18.5 Å². The summed E-state index contributed by atoms with van der Waals surface area (Å²) < 4.78 is 39.9. The topological polar surface area (TPSA) is 83.5 Å². The van der Waals surface area contributed by atoms with E-state index in [1.807, 2.05) is 6.92 Å². The number of anilines is 1. The second-order valence-corrected chi connectivity index (χ2v) is 10.0. The van der Waals surface area contributed by atoms with Gasteiger partial charge in [0.2, 0.25) is 15.9 Å². The molecule has 9 heteroatoms. The van der Waals surface area contributed by atoms with Crippen LogP contribution in [0.25, 0.3) is 0 Å². The lowest BCUT2D eigenvalue weighted by Crippen LogP contribution is -2.38. The number of amides is 1. The Balaban J connectivity index is 1.89. The maximum atomic E-state index is 13.1. The van der Waals surface area contributed by atoms with Gasteiger partial charge in [-0.15, -0.1) is 0 Å². The molecule has 2 aromatic rings. The molecule has 1 aliphatic heterocycles. The highest BCUT2D eigenvalue weighted by molar-refractivity contribution is 7.89. The van der Waals surface area contributed by atoms with Crippen molar-refractivity contribution in [1.82, 2.24) is 14.3 Å². The van der Waals surface area contributed by atoms with Gasteiger partial charge < -0.3 is 0 Å². The molecule has 1 aliphatic rings. The Labute approximate surface area is 177 Å². The number of nitrogens with zero attached hydrogens (tertiary/aromatic N) is 4. The molecule has 1 aromatic carbocycles. The minimum absolute atomic E-state index is 0.00480. The van der Waals surface area contributed by atoms with E-state index in [9.17, 15) is 17.6 Å². The largest absolute Gasteiger partial charge is 0.296 e. The average Bonchev–Trinajstić information content (AvgIpc) is 2.67. The van der Waals surface area contributed by atoms with Crippen LogP contribution in [0.5, 0.6) is 0 Å². The number of carbonyl (C=O) groups excluding carboxylic acids is 1. The molecule has 30 heavy (non-hydrogen) atoms. The first-order chi connectivity index (χ1) is 14.1. The van der Waals surface area contributed by atoms with Crippen molar-refractivity contribution in [1.29, 1.82) is 0 Å². The monoisotopic (exact) mass is 434 g/mol. The standard InChI is InChI=1S/C21H27FN4O3S/c1-14(2)11-12-26-20(27)10-9-18-15(3)23-19(24-21(18)26)13-25(4)30(28,29)17-7-5-16(22)6-8-17/h5-8,14H,9-13H2,1-4H3. The van der Waals surface area contributed by atoms with Crippen molar-refractivity contribution < 1.29 is 17.6 Å². The van der Waals surface area contributed by atoms with E-state index in [1.165, 1.54) is 19.2 Å². The van der Waals surface area contributed by atoms with Gasteiger partial charge in [-0.2, -0.15) is 4.31 Å². The number of rotatable bonds is 7. The molecule has 0 bridgehead atoms. The van der Waals surface area contributed by atoms with Gasteiger partial charge in [0.05, 0.1) is 11.4 Å². The van der Waals surface area contributed by atoms with E-state index < -0.39 is 15.8 Å². The predicted octanol–water partition coefficient (Wildman–Crippen LogP) is 3.07. The molecule has 0 unspecified atom stereocenters. The molecule has 1 amide bonds. The molecule has 0 radical (unpaired) electrons. The molecular weight excluding hydrogens is 407 g/mol. The number of aromatic nitrogens is 2. The SMILES string of the molecule is Cc1nc(CN(C)S(=O)(=O)c2ccc(F)cc2)nc2c1CCC(=O)N2CCC(C)C. The Hall–Kier alpha value is -2.39. The van der Waals surface area contributed by atoms with Gasteiger partial charge in [-0.3, -0.25) is 9.69 Å². The lowest BCUT2D eigenvalue weighted by molar-refractivity contribution is -0.119. The van der Waals surface area contributed by atoms with Crippen LogP contribution in [-0.2, 0) is 27.8 Å². The number of fused-ring (bicyclic) bond motifs is 1. The van der Waals surface area contributed by atoms with Crippen molar-refractivity contribution in [2.45, 2.75) is 51.5 Å². The molecule has 0 atom stereocenters. The normalized spacial score (nSPS) is 14.5. The van der Waals surface area contributed by atoms with Crippen molar-refractivity contribution in [3.05, 3.63) is 47.2 Å². The van der Waals surface area contributed by atoms with Crippen LogP contribution in [0.3, 0.4) is 0 Å². The van der Waals surface area contributed by atoms with Crippen molar-refractivity contribution in [2.24, 2.45) is 5.92 Å². The predicted molar refractivity (Wildman–Crippen MR) is 112 cm³/mol. The second kappa shape index (κ2) is 8.77.